The van der Waals surface area contributed by atoms with Crippen LogP contribution in [0, 0.1) is 0 Å². The van der Waals surface area contributed by atoms with Gasteiger partial charge in [-0.05, 0) is 38.0 Å². The minimum Gasteiger partial charge on any atom is -0.302 e. The van der Waals surface area contributed by atoms with E-state index < -0.39 is 10.0 Å². The van der Waals surface area contributed by atoms with Crippen LogP contribution in [0.25, 0.3) is 0 Å². The Morgan fingerprint density at radius 3 is 2.36 bits per heavy atom. The van der Waals surface area contributed by atoms with Gasteiger partial charge in [-0.15, -0.1) is 11.3 Å². The second-order valence-electron chi connectivity index (χ2n) is 5.24. The summed E-state index contributed by atoms with van der Waals surface area (Å²) in [5.74, 6) is 0. The smallest absolute Gasteiger partial charge is 0.238 e. The summed E-state index contributed by atoms with van der Waals surface area (Å²) >= 11 is 1.71. The second kappa shape index (κ2) is 6.87. The minimum atomic E-state index is -3.64. The van der Waals surface area contributed by atoms with Crippen molar-refractivity contribution in [2.75, 3.05) is 0 Å². The van der Waals surface area contributed by atoms with Crippen molar-refractivity contribution in [1.29, 1.82) is 0 Å². The van der Waals surface area contributed by atoms with Gasteiger partial charge in [-0.25, -0.2) is 18.5 Å². The number of nitrogens with zero attached hydrogens (tertiary/aromatic N) is 1. The fourth-order valence-electron chi connectivity index (χ4n) is 2.17. The van der Waals surface area contributed by atoms with Crippen molar-refractivity contribution in [3.63, 3.8) is 0 Å². The number of aromatic nitrogens is 1. The third-order valence-electron chi connectivity index (χ3n) is 3.50. The van der Waals surface area contributed by atoms with Crippen LogP contribution >= 0.6 is 11.3 Å². The third kappa shape index (κ3) is 4.13. The van der Waals surface area contributed by atoms with Crippen LogP contribution < -0.4 is 10.5 Å². The molecule has 0 aliphatic heterocycles. The van der Waals surface area contributed by atoms with E-state index in [-0.39, 0.29) is 17.0 Å². The van der Waals surface area contributed by atoms with E-state index in [9.17, 15) is 8.42 Å². The summed E-state index contributed by atoms with van der Waals surface area (Å²) < 4.78 is 22.5. The molecular weight excluding hydrogens is 318 g/mol. The van der Waals surface area contributed by atoms with Gasteiger partial charge >= 0.3 is 0 Å². The van der Waals surface area contributed by atoms with Crippen LogP contribution in [0.4, 0.5) is 0 Å². The molecule has 0 amide bonds. The molecule has 0 fully saturated rings. The molecule has 0 radical (unpaired) electrons. The molecule has 0 saturated heterocycles. The second-order valence-corrected chi connectivity index (χ2v) is 7.95. The first kappa shape index (κ1) is 17.1. The number of thiazole rings is 1. The Bertz CT molecular complexity index is 724. The van der Waals surface area contributed by atoms with Crippen molar-refractivity contribution >= 4 is 21.4 Å². The lowest BCUT2D eigenvalue weighted by atomic mass is 10.1. The molecule has 1 aromatic carbocycles. The van der Waals surface area contributed by atoms with E-state index in [1.54, 1.807) is 23.5 Å². The lowest BCUT2D eigenvalue weighted by Crippen LogP contribution is -2.22. The normalized spacial score (nSPS) is 14.7. The Morgan fingerprint density at radius 1 is 1.23 bits per heavy atom. The van der Waals surface area contributed by atoms with Crippen LogP contribution in [0.1, 0.15) is 48.3 Å². The van der Waals surface area contributed by atoms with Gasteiger partial charge in [0.2, 0.25) is 10.0 Å². The average Bonchev–Trinajstić information content (AvgIpc) is 2.95. The fraction of sp³-hybridized carbons (Fsp3) is 0.400. The first-order valence-corrected chi connectivity index (χ1v) is 9.51. The van der Waals surface area contributed by atoms with Crippen molar-refractivity contribution in [2.45, 2.75) is 44.2 Å². The Hall–Kier alpha value is -1.28. The van der Waals surface area contributed by atoms with Crippen LogP contribution in [-0.2, 0) is 16.4 Å². The largest absolute Gasteiger partial charge is 0.302 e. The third-order valence-corrected chi connectivity index (χ3v) is 5.75. The summed E-state index contributed by atoms with van der Waals surface area (Å²) in [7, 11) is -3.64. The van der Waals surface area contributed by atoms with Crippen molar-refractivity contribution < 1.29 is 8.42 Å². The van der Waals surface area contributed by atoms with Gasteiger partial charge in [0.15, 0.2) is 0 Å². The quantitative estimate of drug-likeness (QED) is 0.847. The summed E-state index contributed by atoms with van der Waals surface area (Å²) in [4.78, 5) is 5.84. The van der Waals surface area contributed by atoms with Crippen LogP contribution in [0.2, 0.25) is 0 Å². The molecule has 2 rings (SSSR count). The number of sulfonamides is 1. The van der Waals surface area contributed by atoms with Crippen LogP contribution in [0.3, 0.4) is 0 Å². The maximum atomic E-state index is 11.3. The van der Waals surface area contributed by atoms with Crippen molar-refractivity contribution in [3.8, 4) is 0 Å². The van der Waals surface area contributed by atoms with E-state index in [2.05, 4.69) is 24.1 Å². The topological polar surface area (TPSA) is 85.1 Å². The zero-order chi connectivity index (χ0) is 16.3. The summed E-state index contributed by atoms with van der Waals surface area (Å²) in [5, 5.41) is 9.64. The lowest BCUT2D eigenvalue weighted by Gasteiger charge is -2.19. The van der Waals surface area contributed by atoms with Crippen molar-refractivity contribution in [1.82, 2.24) is 10.3 Å². The number of benzene rings is 1. The maximum absolute atomic E-state index is 11.3. The number of nitrogens with one attached hydrogen (secondary N) is 1. The van der Waals surface area contributed by atoms with Crippen LogP contribution in [0.5, 0.6) is 0 Å². The monoisotopic (exact) mass is 339 g/mol. The standard InChI is InChI=1S/C15H21N3O2S2/c1-4-13-9-17-15(21-13)11(3)18-10(2)12-5-7-14(8-6-12)22(16,19)20/h5-11,18H,4H2,1-3H3,(H2,16,19,20)/t10-,11+/m1/s1. The summed E-state index contributed by atoms with van der Waals surface area (Å²) in [6, 6.07) is 6.85. The van der Waals surface area contributed by atoms with Gasteiger partial charge in [-0.1, -0.05) is 19.1 Å². The molecule has 2 aromatic rings. The van der Waals surface area contributed by atoms with Gasteiger partial charge in [-0.2, -0.15) is 0 Å². The number of nitrogens with two attached hydrogens (primary N) is 1. The van der Waals surface area contributed by atoms with Gasteiger partial charge in [0.05, 0.1) is 10.9 Å². The molecule has 22 heavy (non-hydrogen) atoms. The first-order chi connectivity index (χ1) is 10.3. The Labute approximate surface area is 135 Å². The van der Waals surface area contributed by atoms with Gasteiger partial charge < -0.3 is 5.32 Å². The molecule has 0 spiro atoms. The molecule has 1 heterocycles. The van der Waals surface area contributed by atoms with E-state index in [0.29, 0.717) is 0 Å². The molecular formula is C15H21N3O2S2. The molecule has 5 nitrogen and oxygen atoms in total. The highest BCUT2D eigenvalue weighted by atomic mass is 32.2. The van der Waals surface area contributed by atoms with E-state index >= 15 is 0 Å². The molecule has 1 aromatic heterocycles. The maximum Gasteiger partial charge on any atom is 0.238 e. The van der Waals surface area contributed by atoms with E-state index in [0.717, 1.165) is 17.0 Å². The Kier molecular flexibility index (Phi) is 5.33. The zero-order valence-corrected chi connectivity index (χ0v) is 14.5. The minimum absolute atomic E-state index is 0.0819. The van der Waals surface area contributed by atoms with Gasteiger partial charge in [-0.3, -0.25) is 0 Å². The van der Waals surface area contributed by atoms with Gasteiger partial charge in [0.1, 0.15) is 5.01 Å². The molecule has 0 saturated carbocycles. The predicted molar refractivity (Wildman–Crippen MR) is 89.3 cm³/mol. The Balaban J connectivity index is 2.06. The summed E-state index contributed by atoms with van der Waals surface area (Å²) in [6.45, 7) is 6.23. The average molecular weight is 339 g/mol. The Morgan fingerprint density at radius 2 is 1.86 bits per heavy atom. The highest BCUT2D eigenvalue weighted by Gasteiger charge is 2.15. The van der Waals surface area contributed by atoms with Crippen LogP contribution in [0.15, 0.2) is 35.4 Å². The number of rotatable bonds is 6. The zero-order valence-electron chi connectivity index (χ0n) is 12.9. The number of aryl methyl sites for hydroxylation is 1. The molecule has 0 bridgehead atoms. The van der Waals surface area contributed by atoms with E-state index in [1.807, 2.05) is 13.1 Å². The van der Waals surface area contributed by atoms with Crippen molar-refractivity contribution in [2.24, 2.45) is 5.14 Å². The van der Waals surface area contributed by atoms with Gasteiger partial charge in [0.25, 0.3) is 0 Å². The highest BCUT2D eigenvalue weighted by Crippen LogP contribution is 2.24. The number of primary sulfonamides is 1. The van der Waals surface area contributed by atoms with Gasteiger partial charge in [0, 0.05) is 17.1 Å². The SMILES string of the molecule is CCc1cnc([C@H](C)N[C@H](C)c2ccc(S(N)(=O)=O)cc2)s1. The fourth-order valence-corrected chi connectivity index (χ4v) is 3.56. The van der Waals surface area contributed by atoms with Crippen molar-refractivity contribution in [3.05, 3.63) is 45.9 Å². The summed E-state index contributed by atoms with van der Waals surface area (Å²) in [6.07, 6.45) is 2.92. The molecule has 0 aliphatic rings. The number of hydrogen-bond acceptors (Lipinski definition) is 5. The molecule has 2 atom stereocenters. The molecule has 0 aliphatic carbocycles. The first-order valence-electron chi connectivity index (χ1n) is 7.14. The predicted octanol–water partition coefficient (Wildman–Crippen LogP) is 2.76. The summed E-state index contributed by atoms with van der Waals surface area (Å²) in [5.41, 5.74) is 1.01. The molecule has 120 valence electrons. The van der Waals surface area contributed by atoms with E-state index in [1.165, 1.54) is 17.0 Å². The van der Waals surface area contributed by atoms with E-state index in [4.69, 9.17) is 5.14 Å². The molecule has 3 N–H and O–H groups in total. The number of hydrogen-bond donors (Lipinski definition) is 2. The lowest BCUT2D eigenvalue weighted by molar-refractivity contribution is 0.493. The molecule has 7 heteroatoms. The molecule has 0 unspecified atom stereocenters. The highest BCUT2D eigenvalue weighted by molar-refractivity contribution is 7.89. The van der Waals surface area contributed by atoms with Crippen LogP contribution in [-0.4, -0.2) is 13.4 Å².